The summed E-state index contributed by atoms with van der Waals surface area (Å²) in [5.41, 5.74) is 0. The van der Waals surface area contributed by atoms with Crippen LogP contribution in [0.25, 0.3) is 0 Å². The van der Waals surface area contributed by atoms with Crippen molar-refractivity contribution in [2.45, 2.75) is 38.5 Å². The van der Waals surface area contributed by atoms with Gasteiger partial charge in [-0.15, -0.1) is 0 Å². The minimum Gasteiger partial charge on any atom is -0.407 e. The van der Waals surface area contributed by atoms with Gasteiger partial charge in [0.1, 0.15) is 0 Å². The molecule has 0 aliphatic carbocycles. The van der Waals surface area contributed by atoms with Gasteiger partial charge in [0.05, 0.1) is 6.61 Å². The van der Waals surface area contributed by atoms with Crippen LogP contribution in [-0.4, -0.2) is 32.9 Å². The normalized spacial score (nSPS) is 21.4. The standard InChI is InChI=1S/C21H28O3Si/c1-21(2,3)25(18-10-6-4-7-11-18,19-12-8-5-9-13-19)24-16-17-14-20(22)23-15-17/h4-13,17,20,22H,14-16H2,1-3H3/t17-,20?/m1/s1. The third-order valence-corrected chi connectivity index (χ3v) is 10.0. The maximum absolute atomic E-state index is 9.66. The van der Waals surface area contributed by atoms with E-state index in [1.807, 2.05) is 0 Å². The molecule has 2 aromatic carbocycles. The fourth-order valence-electron chi connectivity index (χ4n) is 3.79. The highest BCUT2D eigenvalue weighted by molar-refractivity contribution is 6.99. The van der Waals surface area contributed by atoms with E-state index in [9.17, 15) is 5.11 Å². The number of rotatable bonds is 5. The highest BCUT2D eigenvalue weighted by Crippen LogP contribution is 2.37. The Hall–Kier alpha value is -1.46. The first kappa shape index (κ1) is 18.3. The Labute approximate surface area is 151 Å². The van der Waals surface area contributed by atoms with Gasteiger partial charge in [-0.05, 0) is 15.4 Å². The largest absolute Gasteiger partial charge is 0.407 e. The first-order valence-corrected chi connectivity index (χ1v) is 10.9. The van der Waals surface area contributed by atoms with Gasteiger partial charge in [-0.1, -0.05) is 81.4 Å². The highest BCUT2D eigenvalue weighted by Gasteiger charge is 2.50. The Morgan fingerprint density at radius 1 is 1.00 bits per heavy atom. The third-order valence-electron chi connectivity index (χ3n) is 5.01. The number of aliphatic hydroxyl groups excluding tert-OH is 1. The molecule has 0 spiro atoms. The van der Waals surface area contributed by atoms with E-state index in [1.54, 1.807) is 0 Å². The lowest BCUT2D eigenvalue weighted by molar-refractivity contribution is -0.0592. The van der Waals surface area contributed by atoms with Crippen molar-refractivity contribution < 1.29 is 14.3 Å². The van der Waals surface area contributed by atoms with Gasteiger partial charge in [-0.3, -0.25) is 0 Å². The first-order chi connectivity index (χ1) is 11.9. The Bertz CT molecular complexity index is 627. The number of ether oxygens (including phenoxy) is 1. The molecule has 0 bridgehead atoms. The van der Waals surface area contributed by atoms with Crippen molar-refractivity contribution in [3.63, 3.8) is 0 Å². The summed E-state index contributed by atoms with van der Waals surface area (Å²) in [6.45, 7) is 8.02. The lowest BCUT2D eigenvalue weighted by Crippen LogP contribution is -2.66. The molecule has 3 rings (SSSR count). The van der Waals surface area contributed by atoms with Crippen LogP contribution in [0.4, 0.5) is 0 Å². The second kappa shape index (κ2) is 7.42. The van der Waals surface area contributed by atoms with Crippen molar-refractivity contribution in [1.29, 1.82) is 0 Å². The van der Waals surface area contributed by atoms with Gasteiger partial charge in [0.15, 0.2) is 6.29 Å². The van der Waals surface area contributed by atoms with Gasteiger partial charge < -0.3 is 14.3 Å². The average Bonchev–Trinajstić information content (AvgIpc) is 3.02. The zero-order valence-electron chi connectivity index (χ0n) is 15.3. The molecule has 0 radical (unpaired) electrons. The summed E-state index contributed by atoms with van der Waals surface area (Å²) < 4.78 is 12.2. The summed E-state index contributed by atoms with van der Waals surface area (Å²) in [5.74, 6) is 0.247. The van der Waals surface area contributed by atoms with Crippen molar-refractivity contribution >= 4 is 18.7 Å². The molecule has 0 aromatic heterocycles. The lowest BCUT2D eigenvalue weighted by Gasteiger charge is -2.43. The Balaban J connectivity index is 2.02. The fourth-order valence-corrected chi connectivity index (χ4v) is 8.43. The molecule has 1 heterocycles. The fraction of sp³-hybridized carbons (Fsp3) is 0.429. The number of hydrogen-bond donors (Lipinski definition) is 1. The lowest BCUT2D eigenvalue weighted by atomic mass is 10.1. The molecule has 1 saturated heterocycles. The van der Waals surface area contributed by atoms with E-state index in [-0.39, 0.29) is 11.0 Å². The SMILES string of the molecule is CC(C)(C)[Si](OC[C@H]1COC(O)C1)(c1ccccc1)c1ccccc1. The van der Waals surface area contributed by atoms with Crippen LogP contribution < -0.4 is 10.4 Å². The van der Waals surface area contributed by atoms with E-state index in [2.05, 4.69) is 81.4 Å². The molecule has 4 heteroatoms. The van der Waals surface area contributed by atoms with Crippen LogP contribution in [0.2, 0.25) is 5.04 Å². The molecule has 2 aromatic rings. The molecule has 1 fully saturated rings. The summed E-state index contributed by atoms with van der Waals surface area (Å²) in [5, 5.41) is 12.2. The molecule has 134 valence electrons. The number of benzene rings is 2. The Morgan fingerprint density at radius 3 is 1.92 bits per heavy atom. The smallest absolute Gasteiger partial charge is 0.261 e. The molecule has 0 saturated carbocycles. The molecule has 1 aliphatic rings. The van der Waals surface area contributed by atoms with E-state index in [0.29, 0.717) is 19.6 Å². The molecule has 3 nitrogen and oxygen atoms in total. The number of hydrogen-bond acceptors (Lipinski definition) is 3. The zero-order valence-corrected chi connectivity index (χ0v) is 16.3. The molecule has 25 heavy (non-hydrogen) atoms. The Morgan fingerprint density at radius 2 is 1.52 bits per heavy atom. The number of aliphatic hydroxyl groups is 1. The average molecular weight is 357 g/mol. The van der Waals surface area contributed by atoms with Crippen molar-refractivity contribution in [2.75, 3.05) is 13.2 Å². The third kappa shape index (κ3) is 3.72. The minimum absolute atomic E-state index is 0.0201. The summed E-state index contributed by atoms with van der Waals surface area (Å²) in [7, 11) is -2.48. The van der Waals surface area contributed by atoms with E-state index >= 15 is 0 Å². The van der Waals surface area contributed by atoms with Crippen molar-refractivity contribution in [1.82, 2.24) is 0 Å². The van der Waals surface area contributed by atoms with E-state index in [4.69, 9.17) is 9.16 Å². The molecular weight excluding hydrogens is 328 g/mol. The summed E-state index contributed by atoms with van der Waals surface area (Å²) in [4.78, 5) is 0. The second-order valence-electron chi connectivity index (χ2n) is 7.86. The quantitative estimate of drug-likeness (QED) is 0.837. The molecular formula is C21H28O3Si. The maximum atomic E-state index is 9.66. The van der Waals surface area contributed by atoms with Crippen LogP contribution in [0.3, 0.4) is 0 Å². The van der Waals surface area contributed by atoms with Crippen molar-refractivity contribution in [2.24, 2.45) is 5.92 Å². The van der Waals surface area contributed by atoms with E-state index in [0.717, 1.165) is 0 Å². The van der Waals surface area contributed by atoms with Crippen molar-refractivity contribution in [3.8, 4) is 0 Å². The van der Waals surface area contributed by atoms with Crippen LogP contribution in [0.5, 0.6) is 0 Å². The van der Waals surface area contributed by atoms with Crippen LogP contribution in [0.15, 0.2) is 60.7 Å². The van der Waals surface area contributed by atoms with Gasteiger partial charge in [0, 0.05) is 18.9 Å². The van der Waals surface area contributed by atoms with Crippen LogP contribution in [-0.2, 0) is 9.16 Å². The molecule has 0 amide bonds. The van der Waals surface area contributed by atoms with Gasteiger partial charge in [-0.25, -0.2) is 0 Å². The first-order valence-electron chi connectivity index (χ1n) is 8.98. The van der Waals surface area contributed by atoms with Gasteiger partial charge in [0.2, 0.25) is 0 Å². The predicted molar refractivity (Wildman–Crippen MR) is 104 cm³/mol. The van der Waals surface area contributed by atoms with Gasteiger partial charge in [0.25, 0.3) is 8.32 Å². The molecule has 1 unspecified atom stereocenters. The highest BCUT2D eigenvalue weighted by atomic mass is 28.4. The van der Waals surface area contributed by atoms with Gasteiger partial charge >= 0.3 is 0 Å². The molecule has 2 atom stereocenters. The second-order valence-corrected chi connectivity index (χ2v) is 12.2. The van der Waals surface area contributed by atoms with Crippen LogP contribution in [0.1, 0.15) is 27.2 Å². The summed E-state index contributed by atoms with van der Waals surface area (Å²) >= 11 is 0. The predicted octanol–water partition coefficient (Wildman–Crippen LogP) is 2.92. The minimum atomic E-state index is -2.48. The maximum Gasteiger partial charge on any atom is 0.261 e. The molecule has 1 N–H and O–H groups in total. The van der Waals surface area contributed by atoms with E-state index < -0.39 is 14.6 Å². The molecule has 1 aliphatic heterocycles. The topological polar surface area (TPSA) is 38.7 Å². The van der Waals surface area contributed by atoms with Crippen LogP contribution >= 0.6 is 0 Å². The van der Waals surface area contributed by atoms with Crippen LogP contribution in [0, 0.1) is 5.92 Å². The van der Waals surface area contributed by atoms with Gasteiger partial charge in [-0.2, -0.15) is 0 Å². The summed E-state index contributed by atoms with van der Waals surface area (Å²) in [6, 6.07) is 21.3. The monoisotopic (exact) mass is 356 g/mol. The Kier molecular flexibility index (Phi) is 5.44. The van der Waals surface area contributed by atoms with E-state index in [1.165, 1.54) is 10.4 Å². The van der Waals surface area contributed by atoms with Crippen molar-refractivity contribution in [3.05, 3.63) is 60.7 Å². The zero-order chi connectivity index (χ0) is 17.9. The summed E-state index contributed by atoms with van der Waals surface area (Å²) in [6.07, 6.45) is 0.00540.